The van der Waals surface area contributed by atoms with E-state index in [2.05, 4.69) is 32.2 Å². The summed E-state index contributed by atoms with van der Waals surface area (Å²) >= 11 is 0. The highest BCUT2D eigenvalue weighted by Crippen LogP contribution is 2.27. The first-order chi connectivity index (χ1) is 15.2. The van der Waals surface area contributed by atoms with Gasteiger partial charge in [0, 0.05) is 42.0 Å². The molecule has 4 heterocycles. The highest BCUT2D eigenvalue weighted by atomic mass is 19.1. The van der Waals surface area contributed by atoms with Gasteiger partial charge in [-0.2, -0.15) is 5.10 Å². The summed E-state index contributed by atoms with van der Waals surface area (Å²) in [5, 5.41) is 6.67. The van der Waals surface area contributed by atoms with Crippen LogP contribution in [0.3, 0.4) is 0 Å². The molecule has 3 aromatic heterocycles. The van der Waals surface area contributed by atoms with Crippen LogP contribution in [0.25, 0.3) is 0 Å². The van der Waals surface area contributed by atoms with Gasteiger partial charge in [0.05, 0.1) is 41.1 Å². The number of halogens is 1. The number of urea groups is 1. The van der Waals surface area contributed by atoms with E-state index in [4.69, 9.17) is 4.11 Å². The van der Waals surface area contributed by atoms with Gasteiger partial charge < -0.3 is 5.32 Å². The quantitative estimate of drug-likeness (QED) is 0.679. The van der Waals surface area contributed by atoms with Crippen LogP contribution in [-0.2, 0) is 13.4 Å². The van der Waals surface area contributed by atoms with Crippen molar-refractivity contribution < 1.29 is 13.3 Å². The summed E-state index contributed by atoms with van der Waals surface area (Å²) in [4.78, 5) is 22.8. The number of carbonyl (C=O) groups excluding carboxylic acids is 1. The Morgan fingerprint density at radius 3 is 2.90 bits per heavy atom. The van der Waals surface area contributed by atoms with Gasteiger partial charge in [-0.3, -0.25) is 19.5 Å². The van der Waals surface area contributed by atoms with Gasteiger partial charge in [-0.25, -0.2) is 9.18 Å². The number of aromatic nitrogens is 4. The van der Waals surface area contributed by atoms with Crippen molar-refractivity contribution in [1.82, 2.24) is 25.1 Å². The largest absolute Gasteiger partial charge is 0.330 e. The predicted molar refractivity (Wildman–Crippen MR) is 106 cm³/mol. The van der Waals surface area contributed by atoms with Gasteiger partial charge in [0.15, 0.2) is 0 Å². The average Bonchev–Trinajstić information content (AvgIpc) is 3.39. The lowest BCUT2D eigenvalue weighted by Gasteiger charge is -2.21. The first kappa shape index (κ1) is 15.2. The highest BCUT2D eigenvalue weighted by Gasteiger charge is 2.27. The molecule has 29 heavy (non-hydrogen) atoms. The van der Waals surface area contributed by atoms with Crippen molar-refractivity contribution in [1.29, 1.82) is 0 Å². The van der Waals surface area contributed by atoms with Crippen LogP contribution >= 0.6 is 0 Å². The summed E-state index contributed by atoms with van der Waals surface area (Å²) in [5.74, 6) is 5.36. The molecule has 3 aromatic rings. The van der Waals surface area contributed by atoms with Gasteiger partial charge in [0.2, 0.25) is 0 Å². The number of hydrogen-bond acceptors (Lipinski definition) is 4. The van der Waals surface area contributed by atoms with Gasteiger partial charge in [0.25, 0.3) is 0 Å². The Bertz CT molecular complexity index is 1210. The number of aryl methyl sites for hydroxylation is 1. The van der Waals surface area contributed by atoms with Gasteiger partial charge >= 0.3 is 6.03 Å². The summed E-state index contributed by atoms with van der Waals surface area (Å²) in [7, 11) is 0. The lowest BCUT2D eigenvalue weighted by Crippen LogP contribution is -2.40. The van der Waals surface area contributed by atoms with E-state index in [1.807, 2.05) is 0 Å². The van der Waals surface area contributed by atoms with Crippen molar-refractivity contribution in [3.63, 3.8) is 0 Å². The smallest absolute Gasteiger partial charge is 0.322 e. The average molecular weight is 393 g/mol. The number of carbonyl (C=O) groups is 1. The molecule has 1 atom stereocenters. The molecule has 1 N–H and O–H groups in total. The molecule has 0 aliphatic carbocycles. The van der Waals surface area contributed by atoms with E-state index in [0.29, 0.717) is 35.5 Å². The molecule has 0 radical (unpaired) electrons. The van der Waals surface area contributed by atoms with Gasteiger partial charge in [-0.05, 0) is 25.1 Å². The minimum Gasteiger partial charge on any atom is -0.330 e. The van der Waals surface area contributed by atoms with E-state index >= 15 is 0 Å². The summed E-state index contributed by atoms with van der Waals surface area (Å²) in [6.07, 6.45) is 6.08. The normalized spacial score (nSPS) is 15.4. The third-order valence-electron chi connectivity index (χ3n) is 4.52. The topological polar surface area (TPSA) is 75.9 Å². The zero-order chi connectivity index (χ0) is 22.9. The third-order valence-corrected chi connectivity index (χ3v) is 4.52. The molecule has 4 rings (SSSR count). The van der Waals surface area contributed by atoms with Crippen LogP contribution < -0.4 is 10.2 Å². The summed E-state index contributed by atoms with van der Waals surface area (Å²) in [6.45, 7) is -0.113. The molecule has 0 saturated carbocycles. The van der Waals surface area contributed by atoms with Crippen molar-refractivity contribution in [2.45, 2.75) is 19.4 Å². The molecule has 0 aromatic carbocycles. The van der Waals surface area contributed by atoms with Crippen molar-refractivity contribution in [2.75, 3.05) is 11.4 Å². The first-order valence-electron chi connectivity index (χ1n) is 10.5. The van der Waals surface area contributed by atoms with Crippen molar-refractivity contribution in [3.8, 4) is 11.8 Å². The number of pyridine rings is 2. The third kappa shape index (κ3) is 4.09. The van der Waals surface area contributed by atoms with Crippen LogP contribution in [0.2, 0.25) is 0 Å². The maximum atomic E-state index is 13.1. The standard InChI is InChI=1S/C21H19FN6O/c1-14(18-6-5-17(22)12-24-18)26-21(29)28-8-7-19-20(28)9-15(10-23-19)3-4-16-11-25-27(2)13-16/h5-6,9-14H,7-8H2,1-2H3,(H,26,29)/t14-/m0/s1/i2D3. The fraction of sp³-hybridized carbons (Fsp3) is 0.238. The van der Waals surface area contributed by atoms with E-state index in [1.54, 1.807) is 24.1 Å². The van der Waals surface area contributed by atoms with Crippen LogP contribution in [0.4, 0.5) is 14.9 Å². The number of fused-ring (bicyclic) bond motifs is 1. The van der Waals surface area contributed by atoms with E-state index in [9.17, 15) is 9.18 Å². The minimum atomic E-state index is -2.36. The number of anilines is 1. The maximum Gasteiger partial charge on any atom is 0.322 e. The Hall–Kier alpha value is -3.73. The van der Waals surface area contributed by atoms with E-state index in [0.717, 1.165) is 16.6 Å². The molecule has 7 nitrogen and oxygen atoms in total. The van der Waals surface area contributed by atoms with Crippen molar-refractivity contribution in [3.05, 3.63) is 71.3 Å². The van der Waals surface area contributed by atoms with Crippen LogP contribution in [0, 0.1) is 17.7 Å². The Labute approximate surface area is 171 Å². The predicted octanol–water partition coefficient (Wildman–Crippen LogP) is 2.58. The Morgan fingerprint density at radius 1 is 1.28 bits per heavy atom. The van der Waals surface area contributed by atoms with E-state index < -0.39 is 18.8 Å². The van der Waals surface area contributed by atoms with Crippen LogP contribution in [0.15, 0.2) is 43.0 Å². The Kier molecular flexibility index (Phi) is 4.05. The molecule has 1 aliphatic rings. The maximum absolute atomic E-state index is 13.1. The molecule has 8 heteroatoms. The molecule has 0 bridgehead atoms. The van der Waals surface area contributed by atoms with Crippen molar-refractivity contribution >= 4 is 11.7 Å². The lowest BCUT2D eigenvalue weighted by molar-refractivity contribution is 0.243. The molecule has 2 amide bonds. The molecule has 0 unspecified atom stereocenters. The van der Waals surface area contributed by atoms with Crippen LogP contribution in [0.1, 0.15) is 39.6 Å². The lowest BCUT2D eigenvalue weighted by atomic mass is 10.2. The number of hydrogen-bond donors (Lipinski definition) is 1. The molecular weight excluding hydrogens is 371 g/mol. The Morgan fingerprint density at radius 2 is 2.14 bits per heavy atom. The van der Waals surface area contributed by atoms with E-state index in [1.165, 1.54) is 24.5 Å². The second-order valence-electron chi connectivity index (χ2n) is 6.59. The zero-order valence-electron chi connectivity index (χ0n) is 18.6. The van der Waals surface area contributed by atoms with Crippen LogP contribution in [0.5, 0.6) is 0 Å². The summed E-state index contributed by atoms with van der Waals surface area (Å²) in [6, 6.07) is 3.89. The SMILES string of the molecule is [2H]C([2H])([2H])n1cc(C#Cc2cnc3c(c2)N(C(=O)N[C@@H](C)c2ccc(F)cn2)CC3)cn1. The number of amides is 2. The van der Waals surface area contributed by atoms with Gasteiger partial charge in [-0.15, -0.1) is 0 Å². The van der Waals surface area contributed by atoms with Gasteiger partial charge in [0.1, 0.15) is 5.82 Å². The fourth-order valence-corrected chi connectivity index (χ4v) is 3.04. The number of nitrogens with zero attached hydrogens (tertiary/aromatic N) is 5. The summed E-state index contributed by atoms with van der Waals surface area (Å²) in [5.41, 5.74) is 3.03. The number of rotatable bonds is 2. The molecule has 0 saturated heterocycles. The monoisotopic (exact) mass is 393 g/mol. The fourth-order valence-electron chi connectivity index (χ4n) is 3.04. The van der Waals surface area contributed by atoms with Gasteiger partial charge in [-0.1, -0.05) is 11.8 Å². The number of nitrogens with one attached hydrogen (secondary N) is 1. The molecule has 0 spiro atoms. The van der Waals surface area contributed by atoms with Crippen molar-refractivity contribution in [2.24, 2.45) is 6.98 Å². The highest BCUT2D eigenvalue weighted by molar-refractivity contribution is 5.94. The molecule has 1 aliphatic heterocycles. The van der Waals surface area contributed by atoms with E-state index in [-0.39, 0.29) is 6.03 Å². The second kappa shape index (κ2) is 7.72. The van der Waals surface area contributed by atoms with Crippen LogP contribution in [-0.4, -0.2) is 32.3 Å². The molecule has 146 valence electrons. The Balaban J connectivity index is 1.49. The first-order valence-corrected chi connectivity index (χ1v) is 8.96. The molecule has 0 fully saturated rings. The zero-order valence-corrected chi connectivity index (χ0v) is 15.6. The summed E-state index contributed by atoms with van der Waals surface area (Å²) < 4.78 is 36.0. The minimum absolute atomic E-state index is 0.312. The molecular formula is C21H19FN6O. The second-order valence-corrected chi connectivity index (χ2v) is 6.59.